The van der Waals surface area contributed by atoms with E-state index in [-0.39, 0.29) is 5.78 Å². The van der Waals surface area contributed by atoms with Crippen LogP contribution in [0.25, 0.3) is 0 Å². The Bertz CT molecular complexity index is 361. The second-order valence-electron chi connectivity index (χ2n) is 3.86. The Morgan fingerprint density at radius 1 is 1.38 bits per heavy atom. The van der Waals surface area contributed by atoms with Gasteiger partial charge in [0.25, 0.3) is 0 Å². The third kappa shape index (κ3) is 3.57. The van der Waals surface area contributed by atoms with Crippen molar-refractivity contribution in [1.29, 1.82) is 0 Å². The third-order valence-electron chi connectivity index (χ3n) is 2.42. The number of nitrogens with two attached hydrogens (primary N) is 1. The predicted molar refractivity (Wildman–Crippen MR) is 65.9 cm³/mol. The lowest BCUT2D eigenvalue weighted by atomic mass is 10.1. The standard InChI is InChI=1S/C13H19NO2/c1-3-4-5-8-16-13-7-6-11(10(2)15)9-12(13)14/h6-7,9H,3-5,8,14H2,1-2H3. The first-order valence-corrected chi connectivity index (χ1v) is 5.68. The molecule has 0 spiro atoms. The van der Waals surface area contributed by atoms with Gasteiger partial charge in [0.05, 0.1) is 12.3 Å². The lowest BCUT2D eigenvalue weighted by Gasteiger charge is -2.09. The van der Waals surface area contributed by atoms with E-state index in [4.69, 9.17) is 10.5 Å². The van der Waals surface area contributed by atoms with Crippen molar-refractivity contribution in [2.24, 2.45) is 0 Å². The van der Waals surface area contributed by atoms with Gasteiger partial charge in [-0.3, -0.25) is 4.79 Å². The van der Waals surface area contributed by atoms with Gasteiger partial charge in [-0.2, -0.15) is 0 Å². The molecule has 0 bridgehead atoms. The van der Waals surface area contributed by atoms with Gasteiger partial charge in [0.1, 0.15) is 5.75 Å². The lowest BCUT2D eigenvalue weighted by molar-refractivity contribution is 0.101. The van der Waals surface area contributed by atoms with Crippen molar-refractivity contribution >= 4 is 11.5 Å². The molecule has 0 fully saturated rings. The highest BCUT2D eigenvalue weighted by molar-refractivity contribution is 5.95. The molecule has 3 nitrogen and oxygen atoms in total. The Kier molecular flexibility index (Phi) is 4.83. The lowest BCUT2D eigenvalue weighted by Crippen LogP contribution is -2.02. The van der Waals surface area contributed by atoms with E-state index in [1.807, 2.05) is 0 Å². The van der Waals surface area contributed by atoms with Crippen LogP contribution < -0.4 is 10.5 Å². The molecule has 0 saturated heterocycles. The van der Waals surface area contributed by atoms with Gasteiger partial charge < -0.3 is 10.5 Å². The number of ketones is 1. The first-order valence-electron chi connectivity index (χ1n) is 5.68. The quantitative estimate of drug-likeness (QED) is 0.456. The van der Waals surface area contributed by atoms with Crippen LogP contribution in [0.2, 0.25) is 0 Å². The minimum absolute atomic E-state index is 0.0178. The average Bonchev–Trinajstić information content (AvgIpc) is 2.26. The molecule has 0 aliphatic heterocycles. The number of ether oxygens (including phenoxy) is 1. The Balaban J connectivity index is 2.57. The third-order valence-corrected chi connectivity index (χ3v) is 2.42. The van der Waals surface area contributed by atoms with Gasteiger partial charge in [-0.25, -0.2) is 0 Å². The molecule has 0 saturated carbocycles. The molecule has 0 heterocycles. The van der Waals surface area contributed by atoms with Crippen molar-refractivity contribution < 1.29 is 9.53 Å². The summed E-state index contributed by atoms with van der Waals surface area (Å²) in [5, 5.41) is 0. The minimum atomic E-state index is 0.0178. The highest BCUT2D eigenvalue weighted by Crippen LogP contribution is 2.23. The van der Waals surface area contributed by atoms with E-state index in [9.17, 15) is 4.79 Å². The molecule has 0 aliphatic rings. The van der Waals surface area contributed by atoms with E-state index in [0.717, 1.165) is 12.8 Å². The van der Waals surface area contributed by atoms with Crippen LogP contribution >= 0.6 is 0 Å². The summed E-state index contributed by atoms with van der Waals surface area (Å²) in [4.78, 5) is 11.1. The molecule has 0 unspecified atom stereocenters. The number of Topliss-reactive ketones (excluding diaryl/α,β-unsaturated/α-hetero) is 1. The van der Waals surface area contributed by atoms with E-state index in [2.05, 4.69) is 6.92 Å². The van der Waals surface area contributed by atoms with Gasteiger partial charge in [-0.15, -0.1) is 0 Å². The van der Waals surface area contributed by atoms with Gasteiger partial charge in [-0.1, -0.05) is 19.8 Å². The summed E-state index contributed by atoms with van der Waals surface area (Å²) < 4.78 is 5.54. The summed E-state index contributed by atoms with van der Waals surface area (Å²) in [5.74, 6) is 0.685. The fourth-order valence-corrected chi connectivity index (χ4v) is 1.43. The summed E-state index contributed by atoms with van der Waals surface area (Å²) >= 11 is 0. The Hall–Kier alpha value is -1.51. The Morgan fingerprint density at radius 3 is 2.69 bits per heavy atom. The summed E-state index contributed by atoms with van der Waals surface area (Å²) in [6.07, 6.45) is 3.36. The summed E-state index contributed by atoms with van der Waals surface area (Å²) in [7, 11) is 0. The fourth-order valence-electron chi connectivity index (χ4n) is 1.43. The predicted octanol–water partition coefficient (Wildman–Crippen LogP) is 3.04. The van der Waals surface area contributed by atoms with E-state index in [1.54, 1.807) is 18.2 Å². The van der Waals surface area contributed by atoms with Crippen LogP contribution in [0, 0.1) is 0 Å². The van der Waals surface area contributed by atoms with E-state index in [0.29, 0.717) is 23.6 Å². The van der Waals surface area contributed by atoms with Crippen molar-refractivity contribution in [3.63, 3.8) is 0 Å². The maximum atomic E-state index is 11.1. The van der Waals surface area contributed by atoms with Crippen LogP contribution in [0.15, 0.2) is 18.2 Å². The first kappa shape index (κ1) is 12.6. The van der Waals surface area contributed by atoms with Crippen LogP contribution in [0.3, 0.4) is 0 Å². The number of carbonyl (C=O) groups excluding carboxylic acids is 1. The summed E-state index contributed by atoms with van der Waals surface area (Å²) in [6, 6.07) is 5.17. The maximum Gasteiger partial charge on any atom is 0.159 e. The molecule has 16 heavy (non-hydrogen) atoms. The minimum Gasteiger partial charge on any atom is -0.491 e. The number of rotatable bonds is 6. The molecule has 0 aliphatic carbocycles. The van der Waals surface area contributed by atoms with Crippen molar-refractivity contribution in [3.8, 4) is 5.75 Å². The Labute approximate surface area is 96.6 Å². The van der Waals surface area contributed by atoms with Crippen molar-refractivity contribution in [1.82, 2.24) is 0 Å². The molecule has 3 heteroatoms. The number of benzene rings is 1. The van der Waals surface area contributed by atoms with Crippen LogP contribution in [-0.2, 0) is 0 Å². The zero-order valence-corrected chi connectivity index (χ0v) is 9.95. The molecule has 0 aromatic heterocycles. The monoisotopic (exact) mass is 221 g/mol. The largest absolute Gasteiger partial charge is 0.491 e. The summed E-state index contributed by atoms with van der Waals surface area (Å²) in [6.45, 7) is 4.35. The topological polar surface area (TPSA) is 52.3 Å². The van der Waals surface area contributed by atoms with Gasteiger partial charge >= 0.3 is 0 Å². The van der Waals surface area contributed by atoms with Crippen LogP contribution in [0.4, 0.5) is 5.69 Å². The van der Waals surface area contributed by atoms with E-state index in [1.165, 1.54) is 13.3 Å². The van der Waals surface area contributed by atoms with Gasteiger partial charge in [0, 0.05) is 5.56 Å². The molecule has 1 rings (SSSR count). The number of hydrogen-bond donors (Lipinski definition) is 1. The SMILES string of the molecule is CCCCCOc1ccc(C(C)=O)cc1N. The molecule has 2 N–H and O–H groups in total. The van der Waals surface area contributed by atoms with E-state index >= 15 is 0 Å². The number of nitrogen functional groups attached to an aromatic ring is 1. The molecule has 88 valence electrons. The van der Waals surface area contributed by atoms with Crippen molar-refractivity contribution in [2.45, 2.75) is 33.1 Å². The van der Waals surface area contributed by atoms with Crippen LogP contribution in [-0.4, -0.2) is 12.4 Å². The molecule has 0 amide bonds. The molecule has 1 aromatic carbocycles. The number of anilines is 1. The number of hydrogen-bond acceptors (Lipinski definition) is 3. The highest BCUT2D eigenvalue weighted by atomic mass is 16.5. The van der Waals surface area contributed by atoms with Gasteiger partial charge in [-0.05, 0) is 31.5 Å². The van der Waals surface area contributed by atoms with Crippen molar-refractivity contribution in [3.05, 3.63) is 23.8 Å². The smallest absolute Gasteiger partial charge is 0.159 e. The van der Waals surface area contributed by atoms with Crippen molar-refractivity contribution in [2.75, 3.05) is 12.3 Å². The summed E-state index contributed by atoms with van der Waals surface area (Å²) in [5.41, 5.74) is 6.95. The molecule has 0 radical (unpaired) electrons. The number of carbonyl (C=O) groups is 1. The van der Waals surface area contributed by atoms with Crippen LogP contribution in [0.1, 0.15) is 43.5 Å². The molecular weight excluding hydrogens is 202 g/mol. The fraction of sp³-hybridized carbons (Fsp3) is 0.462. The zero-order valence-electron chi connectivity index (χ0n) is 9.95. The normalized spacial score (nSPS) is 10.1. The number of unbranched alkanes of at least 4 members (excludes halogenated alkanes) is 2. The molecule has 0 atom stereocenters. The highest BCUT2D eigenvalue weighted by Gasteiger charge is 2.04. The molecular formula is C13H19NO2. The van der Waals surface area contributed by atoms with E-state index < -0.39 is 0 Å². The zero-order chi connectivity index (χ0) is 12.0. The second-order valence-corrected chi connectivity index (χ2v) is 3.86. The average molecular weight is 221 g/mol. The maximum absolute atomic E-state index is 11.1. The second kappa shape index (κ2) is 6.16. The van der Waals surface area contributed by atoms with Crippen LogP contribution in [0.5, 0.6) is 5.75 Å². The van der Waals surface area contributed by atoms with Gasteiger partial charge in [0.15, 0.2) is 5.78 Å². The Morgan fingerprint density at radius 2 is 2.12 bits per heavy atom. The molecule has 1 aromatic rings. The first-order chi connectivity index (χ1) is 7.65. The van der Waals surface area contributed by atoms with Gasteiger partial charge in [0.2, 0.25) is 0 Å².